The van der Waals surface area contributed by atoms with Crippen LogP contribution in [-0.4, -0.2) is 21.8 Å². The third-order valence-electron chi connectivity index (χ3n) is 5.70. The van der Waals surface area contributed by atoms with E-state index in [0.717, 1.165) is 51.4 Å². The summed E-state index contributed by atoms with van der Waals surface area (Å²) in [5, 5.41) is 20.5. The van der Waals surface area contributed by atoms with Crippen molar-refractivity contribution < 1.29 is 24.2 Å². The number of esters is 1. The summed E-state index contributed by atoms with van der Waals surface area (Å²) in [6, 6.07) is 1.97. The number of hydrogen-bond acceptors (Lipinski definition) is 5. The largest absolute Gasteiger partial charge is 0.504 e. The van der Waals surface area contributed by atoms with Crippen LogP contribution in [0.3, 0.4) is 0 Å². The van der Waals surface area contributed by atoms with Crippen LogP contribution < -0.4 is 0 Å². The fraction of sp³-hybridized carbons (Fsp3) is 0.560. The minimum Gasteiger partial charge on any atom is -0.504 e. The van der Waals surface area contributed by atoms with Gasteiger partial charge in [-0.05, 0) is 95.8 Å². The van der Waals surface area contributed by atoms with E-state index in [1.165, 1.54) is 11.1 Å². The van der Waals surface area contributed by atoms with Crippen LogP contribution in [0.15, 0.2) is 57.8 Å². The van der Waals surface area contributed by atoms with Crippen LogP contribution in [0.1, 0.15) is 78.2 Å². The van der Waals surface area contributed by atoms with E-state index in [-0.39, 0.29) is 23.0 Å². The standard InChI is InChI=1S/C25H36O5/c1-18(8-5-9-19(2)16-22-23(26)20(3)24(27)30-22)10-6-13-25(4,28)14-7-11-21-12-15-29-17-21/h10,12,15-17,19,26,28H,5-9,11,13-14H2,1-4H3/b18-10+,22-16-/t19-,25?/m1/s1. The molecule has 1 unspecified atom stereocenters. The summed E-state index contributed by atoms with van der Waals surface area (Å²) < 4.78 is 10.2. The van der Waals surface area contributed by atoms with Crippen LogP contribution in [0.2, 0.25) is 0 Å². The first kappa shape index (κ1) is 24.0. The van der Waals surface area contributed by atoms with E-state index in [1.54, 1.807) is 19.5 Å². The lowest BCUT2D eigenvalue weighted by Crippen LogP contribution is -2.23. The van der Waals surface area contributed by atoms with Gasteiger partial charge in [0.05, 0.1) is 23.7 Å². The molecule has 2 N–H and O–H groups in total. The van der Waals surface area contributed by atoms with E-state index in [4.69, 9.17) is 9.15 Å². The number of allylic oxidation sites excluding steroid dienone is 3. The van der Waals surface area contributed by atoms with Gasteiger partial charge in [0.1, 0.15) is 0 Å². The van der Waals surface area contributed by atoms with Gasteiger partial charge in [0.25, 0.3) is 0 Å². The van der Waals surface area contributed by atoms with Gasteiger partial charge < -0.3 is 19.4 Å². The highest BCUT2D eigenvalue weighted by Gasteiger charge is 2.26. The second-order valence-corrected chi connectivity index (χ2v) is 8.83. The summed E-state index contributed by atoms with van der Waals surface area (Å²) in [5.41, 5.74) is 2.13. The lowest BCUT2D eigenvalue weighted by atomic mass is 9.92. The molecule has 5 heteroatoms. The molecule has 1 aromatic rings. The molecule has 0 radical (unpaired) electrons. The summed E-state index contributed by atoms with van der Waals surface area (Å²) in [5.74, 6) is -0.0151. The van der Waals surface area contributed by atoms with E-state index in [0.29, 0.717) is 0 Å². The predicted molar refractivity (Wildman–Crippen MR) is 118 cm³/mol. The van der Waals surface area contributed by atoms with E-state index in [2.05, 4.69) is 19.9 Å². The van der Waals surface area contributed by atoms with E-state index in [9.17, 15) is 15.0 Å². The van der Waals surface area contributed by atoms with Crippen molar-refractivity contribution >= 4 is 5.97 Å². The summed E-state index contributed by atoms with van der Waals surface area (Å²) in [7, 11) is 0. The highest BCUT2D eigenvalue weighted by molar-refractivity contribution is 5.93. The molecule has 0 aliphatic carbocycles. The molecule has 1 aromatic heterocycles. The number of carbonyl (C=O) groups excluding carboxylic acids is 1. The second kappa shape index (κ2) is 11.2. The fourth-order valence-corrected chi connectivity index (χ4v) is 3.63. The molecule has 2 heterocycles. The first-order chi connectivity index (χ1) is 14.2. The number of cyclic esters (lactones) is 1. The number of aliphatic hydroxyl groups excluding tert-OH is 1. The topological polar surface area (TPSA) is 79.9 Å². The highest BCUT2D eigenvalue weighted by atomic mass is 16.6. The first-order valence-electron chi connectivity index (χ1n) is 10.9. The number of hydrogen-bond donors (Lipinski definition) is 2. The van der Waals surface area contributed by atoms with E-state index < -0.39 is 11.6 Å². The Kier molecular flexibility index (Phi) is 8.97. The van der Waals surface area contributed by atoms with Gasteiger partial charge in [-0.3, -0.25) is 0 Å². The Morgan fingerprint density at radius 3 is 2.70 bits per heavy atom. The van der Waals surface area contributed by atoms with Crippen molar-refractivity contribution in [3.8, 4) is 0 Å². The monoisotopic (exact) mass is 416 g/mol. The molecular formula is C25H36O5. The molecule has 0 amide bonds. The molecule has 0 saturated heterocycles. The summed E-state index contributed by atoms with van der Waals surface area (Å²) in [4.78, 5) is 11.5. The van der Waals surface area contributed by atoms with Crippen molar-refractivity contribution in [2.75, 3.05) is 0 Å². The zero-order valence-corrected chi connectivity index (χ0v) is 18.7. The van der Waals surface area contributed by atoms with Crippen molar-refractivity contribution in [1.29, 1.82) is 0 Å². The quantitative estimate of drug-likeness (QED) is 0.315. The third kappa shape index (κ3) is 7.86. The Hall–Kier alpha value is -2.27. The normalized spacial score (nSPS) is 19.3. The maximum absolute atomic E-state index is 11.5. The smallest absolute Gasteiger partial charge is 0.343 e. The van der Waals surface area contributed by atoms with Crippen LogP contribution in [0.4, 0.5) is 0 Å². The summed E-state index contributed by atoms with van der Waals surface area (Å²) in [6.07, 6.45) is 14.8. The van der Waals surface area contributed by atoms with Crippen LogP contribution in [0.5, 0.6) is 0 Å². The third-order valence-corrected chi connectivity index (χ3v) is 5.70. The number of carbonyl (C=O) groups is 1. The Balaban J connectivity index is 1.64. The predicted octanol–water partition coefficient (Wildman–Crippen LogP) is 6.16. The molecule has 30 heavy (non-hydrogen) atoms. The number of furan rings is 1. The SMILES string of the molecule is CC1=C(O)/C(=C/[C@H](C)CCC/C(C)=C/CCC(C)(O)CCCc2ccoc2)OC1=O. The zero-order chi connectivity index (χ0) is 22.1. The number of aliphatic hydroxyl groups is 2. The van der Waals surface area contributed by atoms with Crippen molar-refractivity contribution in [3.63, 3.8) is 0 Å². The number of ether oxygens (including phenoxy) is 1. The molecule has 1 aliphatic heterocycles. The van der Waals surface area contributed by atoms with Crippen molar-refractivity contribution in [2.45, 2.75) is 84.7 Å². The van der Waals surface area contributed by atoms with E-state index >= 15 is 0 Å². The molecule has 0 fully saturated rings. The van der Waals surface area contributed by atoms with Gasteiger partial charge in [-0.15, -0.1) is 0 Å². The highest BCUT2D eigenvalue weighted by Crippen LogP contribution is 2.26. The lowest BCUT2D eigenvalue weighted by molar-refractivity contribution is -0.133. The average molecular weight is 417 g/mol. The molecule has 5 nitrogen and oxygen atoms in total. The molecule has 0 spiro atoms. The van der Waals surface area contributed by atoms with Gasteiger partial charge in [-0.25, -0.2) is 4.79 Å². The van der Waals surface area contributed by atoms with Gasteiger partial charge in [-0.2, -0.15) is 0 Å². The van der Waals surface area contributed by atoms with Gasteiger partial charge in [0.15, 0.2) is 11.5 Å². The minimum atomic E-state index is -0.645. The average Bonchev–Trinajstić information content (AvgIpc) is 3.26. The van der Waals surface area contributed by atoms with Crippen molar-refractivity contribution in [3.05, 3.63) is 59.0 Å². The van der Waals surface area contributed by atoms with Crippen molar-refractivity contribution in [1.82, 2.24) is 0 Å². The molecular weight excluding hydrogens is 380 g/mol. The van der Waals surface area contributed by atoms with Crippen LogP contribution in [0, 0.1) is 5.92 Å². The van der Waals surface area contributed by atoms with Crippen LogP contribution in [-0.2, 0) is 16.0 Å². The Labute approximate surface area is 180 Å². The Morgan fingerprint density at radius 2 is 2.07 bits per heavy atom. The van der Waals surface area contributed by atoms with Crippen molar-refractivity contribution in [2.24, 2.45) is 5.92 Å². The zero-order valence-electron chi connectivity index (χ0n) is 18.7. The molecule has 1 aliphatic rings. The summed E-state index contributed by atoms with van der Waals surface area (Å²) >= 11 is 0. The first-order valence-corrected chi connectivity index (χ1v) is 10.9. The fourth-order valence-electron chi connectivity index (χ4n) is 3.63. The molecule has 166 valence electrons. The summed E-state index contributed by atoms with van der Waals surface area (Å²) in [6.45, 7) is 7.67. The van der Waals surface area contributed by atoms with Gasteiger partial charge in [0, 0.05) is 0 Å². The maximum Gasteiger partial charge on any atom is 0.343 e. The number of aryl methyl sites for hydroxylation is 1. The Bertz CT molecular complexity index is 780. The maximum atomic E-state index is 11.5. The number of rotatable bonds is 12. The minimum absolute atomic E-state index is 0.0419. The molecule has 0 saturated carbocycles. The molecule has 2 rings (SSSR count). The molecule has 0 aromatic carbocycles. The van der Waals surface area contributed by atoms with E-state index in [1.807, 2.05) is 19.1 Å². The van der Waals surface area contributed by atoms with Crippen LogP contribution >= 0.6 is 0 Å². The molecule has 2 atom stereocenters. The lowest BCUT2D eigenvalue weighted by Gasteiger charge is -2.22. The second-order valence-electron chi connectivity index (χ2n) is 8.83. The van der Waals surface area contributed by atoms with Crippen LogP contribution in [0.25, 0.3) is 0 Å². The van der Waals surface area contributed by atoms with Gasteiger partial charge >= 0.3 is 5.97 Å². The Morgan fingerprint density at radius 1 is 1.30 bits per heavy atom. The van der Waals surface area contributed by atoms with Gasteiger partial charge in [0.2, 0.25) is 0 Å². The van der Waals surface area contributed by atoms with Gasteiger partial charge in [-0.1, -0.05) is 18.6 Å². The molecule has 0 bridgehead atoms.